The number of hydrogen-bond acceptors (Lipinski definition) is 6. The molecule has 2 aromatic heterocycles. The fraction of sp³-hybridized carbons (Fsp3) is 0.381. The van der Waals surface area contributed by atoms with Gasteiger partial charge < -0.3 is 9.88 Å². The Bertz CT molecular complexity index is 1080. The van der Waals surface area contributed by atoms with Gasteiger partial charge in [-0.15, -0.1) is 0 Å². The van der Waals surface area contributed by atoms with E-state index in [0.29, 0.717) is 36.2 Å². The van der Waals surface area contributed by atoms with Crippen molar-refractivity contribution in [2.75, 3.05) is 42.7 Å². The number of anilines is 2. The lowest BCUT2D eigenvalue weighted by Gasteiger charge is -2.35. The third kappa shape index (κ3) is 3.44. The van der Waals surface area contributed by atoms with Crippen molar-refractivity contribution in [2.24, 2.45) is 0 Å². The standard InChI is InChI=1S/C21H23FN6O/c22-28-7-1-2-17-20(28)16-4-3-15(12-18(16)25-21(17)29)14-26-8-10-27(11-9-26)19-13-23-5-6-24-19/h3-6,12-13H,1-2,7-11,14H2,(H,25,29). The van der Waals surface area contributed by atoms with Crippen molar-refractivity contribution in [2.45, 2.75) is 19.4 Å². The molecule has 2 aliphatic heterocycles. The van der Waals surface area contributed by atoms with Gasteiger partial charge in [0.25, 0.3) is 5.56 Å². The maximum absolute atomic E-state index is 14.4. The number of fused-ring (bicyclic) bond motifs is 3. The number of rotatable bonds is 3. The monoisotopic (exact) mass is 394 g/mol. The fourth-order valence-corrected chi connectivity index (χ4v) is 4.33. The van der Waals surface area contributed by atoms with Gasteiger partial charge in [0.1, 0.15) is 5.82 Å². The molecule has 0 atom stereocenters. The van der Waals surface area contributed by atoms with Gasteiger partial charge in [0.05, 0.1) is 23.9 Å². The number of hydrogen-bond donors (Lipinski definition) is 1. The van der Waals surface area contributed by atoms with Crippen LogP contribution < -0.4 is 15.6 Å². The zero-order valence-electron chi connectivity index (χ0n) is 16.1. The summed E-state index contributed by atoms with van der Waals surface area (Å²) < 4.78 is 14.4. The molecule has 0 aliphatic carbocycles. The minimum absolute atomic E-state index is 0.176. The van der Waals surface area contributed by atoms with Crippen molar-refractivity contribution in [3.05, 3.63) is 58.3 Å². The number of nitrogens with one attached hydrogen (secondary N) is 1. The summed E-state index contributed by atoms with van der Waals surface area (Å²) in [6.45, 7) is 4.77. The molecule has 3 aromatic rings. The summed E-state index contributed by atoms with van der Waals surface area (Å²) in [5.74, 6) is 0.913. The minimum atomic E-state index is -0.176. The van der Waals surface area contributed by atoms with Gasteiger partial charge >= 0.3 is 0 Å². The average molecular weight is 394 g/mol. The Morgan fingerprint density at radius 1 is 1.10 bits per heavy atom. The summed E-state index contributed by atoms with van der Waals surface area (Å²) in [6.07, 6.45) is 6.48. The molecule has 0 bridgehead atoms. The van der Waals surface area contributed by atoms with Gasteiger partial charge in [0.15, 0.2) is 0 Å². The number of halogens is 1. The topological polar surface area (TPSA) is 68.4 Å². The van der Waals surface area contributed by atoms with Crippen LogP contribution in [0, 0.1) is 0 Å². The molecule has 0 amide bonds. The summed E-state index contributed by atoms with van der Waals surface area (Å²) in [4.78, 5) is 28.5. The average Bonchev–Trinajstić information content (AvgIpc) is 2.75. The maximum Gasteiger partial charge on any atom is 0.253 e. The molecular formula is C21H23FN6O. The second kappa shape index (κ2) is 7.44. The fourth-order valence-electron chi connectivity index (χ4n) is 4.33. The van der Waals surface area contributed by atoms with Crippen molar-refractivity contribution in [1.29, 1.82) is 0 Å². The van der Waals surface area contributed by atoms with Crippen LogP contribution in [0.5, 0.6) is 0 Å². The lowest BCUT2D eigenvalue weighted by Crippen LogP contribution is -2.46. The van der Waals surface area contributed by atoms with Crippen LogP contribution in [0.25, 0.3) is 10.9 Å². The molecule has 0 radical (unpaired) electrons. The minimum Gasteiger partial charge on any atom is -0.353 e. The van der Waals surface area contributed by atoms with Gasteiger partial charge in [-0.3, -0.25) is 14.7 Å². The zero-order valence-corrected chi connectivity index (χ0v) is 16.1. The highest BCUT2D eigenvalue weighted by molar-refractivity contribution is 5.93. The molecule has 7 nitrogen and oxygen atoms in total. The van der Waals surface area contributed by atoms with E-state index in [9.17, 15) is 9.28 Å². The third-order valence-electron chi connectivity index (χ3n) is 5.82. The summed E-state index contributed by atoms with van der Waals surface area (Å²) in [5.41, 5.74) is 2.64. The second-order valence-electron chi connectivity index (χ2n) is 7.68. The molecule has 0 saturated carbocycles. The Balaban J connectivity index is 1.34. The van der Waals surface area contributed by atoms with Crippen molar-refractivity contribution in [1.82, 2.24) is 19.9 Å². The summed E-state index contributed by atoms with van der Waals surface area (Å²) in [6, 6.07) is 5.96. The second-order valence-corrected chi connectivity index (χ2v) is 7.68. The number of benzene rings is 1. The van der Waals surface area contributed by atoms with Crippen LogP contribution >= 0.6 is 0 Å². The molecule has 29 heavy (non-hydrogen) atoms. The van der Waals surface area contributed by atoms with Crippen LogP contribution in [0.2, 0.25) is 0 Å². The smallest absolute Gasteiger partial charge is 0.253 e. The van der Waals surface area contributed by atoms with Crippen molar-refractivity contribution < 1.29 is 4.48 Å². The Morgan fingerprint density at radius 2 is 1.97 bits per heavy atom. The first-order valence-corrected chi connectivity index (χ1v) is 10.0. The first-order chi connectivity index (χ1) is 14.2. The number of H-pyrrole nitrogens is 1. The molecule has 1 N–H and O–H groups in total. The van der Waals surface area contributed by atoms with Crippen molar-refractivity contribution >= 4 is 22.4 Å². The normalized spacial score (nSPS) is 17.6. The molecule has 5 rings (SSSR count). The van der Waals surface area contributed by atoms with E-state index < -0.39 is 0 Å². The van der Waals surface area contributed by atoms with Gasteiger partial charge in [-0.05, 0) is 24.5 Å². The predicted molar refractivity (Wildman–Crippen MR) is 111 cm³/mol. The first kappa shape index (κ1) is 18.1. The van der Waals surface area contributed by atoms with Crippen LogP contribution in [0.3, 0.4) is 0 Å². The first-order valence-electron chi connectivity index (χ1n) is 10.0. The van der Waals surface area contributed by atoms with Crippen LogP contribution in [0.4, 0.5) is 16.0 Å². The van der Waals surface area contributed by atoms with E-state index in [1.165, 1.54) is 0 Å². The Morgan fingerprint density at radius 3 is 2.76 bits per heavy atom. The van der Waals surface area contributed by atoms with E-state index in [1.807, 2.05) is 18.2 Å². The van der Waals surface area contributed by atoms with Gasteiger partial charge in [-0.1, -0.05) is 16.6 Å². The van der Waals surface area contributed by atoms with Crippen LogP contribution in [0.15, 0.2) is 41.6 Å². The van der Waals surface area contributed by atoms with E-state index >= 15 is 0 Å². The van der Waals surface area contributed by atoms with Crippen molar-refractivity contribution in [3.63, 3.8) is 0 Å². The lowest BCUT2D eigenvalue weighted by atomic mass is 10.0. The van der Waals surface area contributed by atoms with Crippen LogP contribution in [-0.4, -0.2) is 52.6 Å². The van der Waals surface area contributed by atoms with Crippen LogP contribution in [0.1, 0.15) is 17.5 Å². The number of piperazine rings is 1. The summed E-state index contributed by atoms with van der Waals surface area (Å²) >= 11 is 0. The Kier molecular flexibility index (Phi) is 4.63. The Labute approximate surface area is 167 Å². The molecule has 1 aromatic carbocycles. The maximum atomic E-state index is 14.4. The summed E-state index contributed by atoms with van der Waals surface area (Å²) in [7, 11) is 0. The third-order valence-corrected chi connectivity index (χ3v) is 5.82. The van der Waals surface area contributed by atoms with E-state index in [-0.39, 0.29) is 5.56 Å². The summed E-state index contributed by atoms with van der Waals surface area (Å²) in [5, 5.41) is 1.50. The molecule has 0 unspecified atom stereocenters. The van der Waals surface area contributed by atoms with E-state index in [0.717, 1.165) is 54.6 Å². The Hall–Kier alpha value is -3.00. The number of aromatic nitrogens is 3. The van der Waals surface area contributed by atoms with E-state index in [2.05, 4.69) is 24.8 Å². The van der Waals surface area contributed by atoms with Gasteiger partial charge in [-0.2, -0.15) is 0 Å². The molecule has 1 fully saturated rings. The number of pyridine rings is 1. The number of aromatic amines is 1. The van der Waals surface area contributed by atoms with Gasteiger partial charge in [0.2, 0.25) is 0 Å². The highest BCUT2D eigenvalue weighted by Crippen LogP contribution is 2.32. The molecule has 150 valence electrons. The van der Waals surface area contributed by atoms with Crippen molar-refractivity contribution in [3.8, 4) is 0 Å². The number of nitrogens with zero attached hydrogens (tertiary/aromatic N) is 5. The molecule has 2 aliphatic rings. The predicted octanol–water partition coefficient (Wildman–Crippen LogP) is 2.28. The zero-order chi connectivity index (χ0) is 19.8. The van der Waals surface area contributed by atoms with E-state index in [1.54, 1.807) is 18.6 Å². The molecule has 1 saturated heterocycles. The van der Waals surface area contributed by atoms with Gasteiger partial charge in [0, 0.05) is 56.1 Å². The van der Waals surface area contributed by atoms with E-state index in [4.69, 9.17) is 0 Å². The SMILES string of the molecule is O=c1[nH]c2cc(CN3CCN(c4cnccn4)CC3)ccc2c2c1CCCN2F. The molecule has 4 heterocycles. The lowest BCUT2D eigenvalue weighted by molar-refractivity contribution is 0.249. The quantitative estimate of drug-likeness (QED) is 0.688. The molecule has 0 spiro atoms. The molecular weight excluding hydrogens is 371 g/mol. The largest absolute Gasteiger partial charge is 0.353 e. The highest BCUT2D eigenvalue weighted by Gasteiger charge is 2.23. The van der Waals surface area contributed by atoms with Crippen LogP contribution in [-0.2, 0) is 13.0 Å². The van der Waals surface area contributed by atoms with Gasteiger partial charge in [-0.25, -0.2) is 10.1 Å². The highest BCUT2D eigenvalue weighted by atomic mass is 19.2. The molecule has 8 heteroatoms.